The molecule has 500 valence electrons. The monoisotopic (exact) mass is 1290 g/mol. The molecule has 0 aliphatic heterocycles. The summed E-state index contributed by atoms with van der Waals surface area (Å²) in [5.41, 5.74) is 8.17. The van der Waals surface area contributed by atoms with Gasteiger partial charge in [-0.15, -0.1) is 0 Å². The fraction of sp³-hybridized carbons (Fsp3) is 1.00. The van der Waals surface area contributed by atoms with Crippen molar-refractivity contribution in [3.05, 3.63) is 10.4 Å². The molecule has 1 saturated carbocycles. The third-order valence-corrected chi connectivity index (χ3v) is 12.5. The minimum Gasteiger partial charge on any atom is -0.379 e. The summed E-state index contributed by atoms with van der Waals surface area (Å²) in [6.07, 6.45) is 5.37. The van der Waals surface area contributed by atoms with Crippen molar-refractivity contribution < 1.29 is 109 Å². The number of hydrogen-bond donors (Lipinski definition) is 1. The van der Waals surface area contributed by atoms with Gasteiger partial charge in [-0.3, -0.25) is 0 Å². The molecule has 1 fully saturated rings. The molecule has 0 amide bonds. The molecule has 0 aromatic rings. The van der Waals surface area contributed by atoms with Gasteiger partial charge in [0.2, 0.25) is 0 Å². The van der Waals surface area contributed by atoms with Crippen LogP contribution in [0.3, 0.4) is 0 Å². The molecule has 28 heteroatoms. The van der Waals surface area contributed by atoms with Crippen LogP contribution < -0.4 is 5.32 Å². The van der Waals surface area contributed by atoms with E-state index in [9.17, 15) is 0 Å². The molecule has 84 heavy (non-hydrogen) atoms. The predicted octanol–water partition coefficient (Wildman–Crippen LogP) is 3.47. The van der Waals surface area contributed by atoms with E-state index in [-0.39, 0.29) is 0 Å². The van der Waals surface area contributed by atoms with E-state index < -0.39 is 0 Å². The van der Waals surface area contributed by atoms with Crippen LogP contribution in [0.15, 0.2) is 5.11 Å². The highest BCUT2D eigenvalue weighted by atomic mass is 79.9. The lowest BCUT2D eigenvalue weighted by Crippen LogP contribution is -2.29. The number of hydrogen-bond acceptors (Lipinski definition) is 25. The van der Waals surface area contributed by atoms with Crippen molar-refractivity contribution >= 4 is 15.9 Å². The van der Waals surface area contributed by atoms with Crippen LogP contribution in [0.4, 0.5) is 0 Å². The molecule has 1 aliphatic carbocycles. The van der Waals surface area contributed by atoms with Crippen LogP contribution in [0.1, 0.15) is 25.7 Å². The summed E-state index contributed by atoms with van der Waals surface area (Å²) in [6, 6.07) is 0. The Hall–Kier alpha value is -1.17. The highest BCUT2D eigenvalue weighted by Crippen LogP contribution is 2.29. The van der Waals surface area contributed by atoms with Crippen molar-refractivity contribution in [2.75, 3.05) is 329 Å². The van der Waals surface area contributed by atoms with E-state index >= 15 is 0 Å². The largest absolute Gasteiger partial charge is 0.379 e. The molecule has 0 spiro atoms. The third-order valence-electron chi connectivity index (χ3n) is 11.6. The minimum atomic E-state index is 0.321. The van der Waals surface area contributed by atoms with Crippen LogP contribution in [0.5, 0.6) is 0 Å². The fourth-order valence-corrected chi connectivity index (χ4v) is 7.78. The lowest BCUT2D eigenvalue weighted by molar-refractivity contribution is -0.0318. The smallest absolute Gasteiger partial charge is 0.0701 e. The Morgan fingerprint density at radius 1 is 0.262 bits per heavy atom. The molecule has 0 bridgehead atoms. The summed E-state index contributed by atoms with van der Waals surface area (Å²) < 4.78 is 127. The Labute approximate surface area is 510 Å². The van der Waals surface area contributed by atoms with Crippen molar-refractivity contribution in [3.63, 3.8) is 0 Å². The fourth-order valence-electron chi connectivity index (χ4n) is 7.13. The molecule has 0 radical (unpaired) electrons. The van der Waals surface area contributed by atoms with Crippen molar-refractivity contribution in [3.8, 4) is 0 Å². The van der Waals surface area contributed by atoms with Crippen LogP contribution in [0, 0.1) is 11.8 Å². The molecule has 0 unspecified atom stereocenters. The SMILES string of the molecule is [N-]=[N+]=NCCOCCOCCOCCOCCOCCOCCOCCOCCOCCOCCOCCOCCOCCOCCOCCOCCOCCOCCOCCOCCOCCOCCOCCNC[C@H]1CC[C@H](CBr)CC1. The first-order chi connectivity index (χ1) is 41.9. The van der Waals surface area contributed by atoms with E-state index in [1.807, 2.05) is 0 Å². The second kappa shape index (κ2) is 74.3. The summed E-state index contributed by atoms with van der Waals surface area (Å²) >= 11 is 3.61. The molecular weight excluding hydrogens is 1180 g/mol. The quantitative estimate of drug-likeness (QED) is 0.0300. The predicted molar refractivity (Wildman–Crippen MR) is 315 cm³/mol. The zero-order valence-corrected chi connectivity index (χ0v) is 52.5. The Morgan fingerprint density at radius 3 is 0.607 bits per heavy atom. The van der Waals surface area contributed by atoms with Crippen LogP contribution in [-0.4, -0.2) is 329 Å². The van der Waals surface area contributed by atoms with Gasteiger partial charge in [0, 0.05) is 23.3 Å². The number of alkyl halides is 1. The van der Waals surface area contributed by atoms with E-state index in [0.717, 1.165) is 30.3 Å². The molecule has 27 nitrogen and oxygen atoms in total. The molecule has 1 rings (SSSR count). The Kier molecular flexibility index (Phi) is 71.5. The molecular formula is C56H111BrN4O23. The standard InChI is InChI=1S/C56H111BrN4O23/c57-53-55-1-3-56(4-2-55)54-59-5-7-62-9-11-64-13-15-66-17-19-68-21-23-70-25-27-72-29-31-74-33-35-76-37-39-78-41-43-80-45-47-82-49-51-84-52-50-83-48-46-81-44-42-79-40-38-77-36-34-75-32-30-73-28-26-71-24-22-69-20-18-67-16-14-65-12-10-63-8-6-60-61-58/h55-56,59H,1-54H2/t55-,56-. The number of nitrogens with zero attached hydrogens (tertiary/aromatic N) is 3. The molecule has 0 aromatic heterocycles. The first kappa shape index (κ1) is 80.8. The van der Waals surface area contributed by atoms with Crippen LogP contribution in [0.25, 0.3) is 10.4 Å². The molecule has 0 heterocycles. The Bertz CT molecular complexity index is 1280. The maximum atomic E-state index is 8.17. The van der Waals surface area contributed by atoms with Gasteiger partial charge >= 0.3 is 0 Å². The summed E-state index contributed by atoms with van der Waals surface area (Å²) in [7, 11) is 0. The lowest BCUT2D eigenvalue weighted by Gasteiger charge is -2.27. The van der Waals surface area contributed by atoms with Gasteiger partial charge in [0.25, 0.3) is 0 Å². The van der Waals surface area contributed by atoms with Gasteiger partial charge in [-0.1, -0.05) is 21.0 Å². The molecule has 1 N–H and O–H groups in total. The van der Waals surface area contributed by atoms with Gasteiger partial charge in [-0.2, -0.15) is 0 Å². The van der Waals surface area contributed by atoms with E-state index in [4.69, 9.17) is 114 Å². The zero-order chi connectivity index (χ0) is 59.7. The second-order valence-electron chi connectivity index (χ2n) is 18.3. The molecule has 0 saturated heterocycles. The maximum absolute atomic E-state index is 8.17. The lowest BCUT2D eigenvalue weighted by atomic mass is 9.83. The zero-order valence-electron chi connectivity index (χ0n) is 50.9. The van der Waals surface area contributed by atoms with Gasteiger partial charge < -0.3 is 114 Å². The van der Waals surface area contributed by atoms with Crippen LogP contribution in [-0.2, 0) is 109 Å². The number of azide groups is 1. The Balaban J connectivity index is 1.58. The van der Waals surface area contributed by atoms with Gasteiger partial charge in [0.05, 0.1) is 304 Å². The first-order valence-corrected chi connectivity index (χ1v) is 31.5. The summed E-state index contributed by atoms with van der Waals surface area (Å²) in [5, 5.41) is 8.06. The van der Waals surface area contributed by atoms with Gasteiger partial charge in [-0.25, -0.2) is 0 Å². The normalized spacial score (nSPS) is 14.5. The Morgan fingerprint density at radius 2 is 0.429 bits per heavy atom. The summed E-state index contributed by atoms with van der Waals surface area (Å²) in [5.74, 6) is 1.69. The third kappa shape index (κ3) is 68.3. The summed E-state index contributed by atoms with van der Waals surface area (Å²) in [4.78, 5) is 2.65. The molecule has 0 aromatic carbocycles. The van der Waals surface area contributed by atoms with Gasteiger partial charge in [0.1, 0.15) is 0 Å². The number of rotatable bonds is 75. The average Bonchev–Trinajstić information content (AvgIpc) is 3.56. The molecule has 1 aliphatic rings. The highest BCUT2D eigenvalue weighted by Gasteiger charge is 2.19. The van der Waals surface area contributed by atoms with Crippen molar-refractivity contribution in [1.82, 2.24) is 5.32 Å². The van der Waals surface area contributed by atoms with E-state index in [1.165, 1.54) is 25.7 Å². The summed E-state index contributed by atoms with van der Waals surface area (Å²) in [6.45, 7) is 25.2. The van der Waals surface area contributed by atoms with Crippen LogP contribution >= 0.6 is 15.9 Å². The van der Waals surface area contributed by atoms with E-state index in [2.05, 4.69) is 31.3 Å². The number of halogens is 1. The van der Waals surface area contributed by atoms with Crippen molar-refractivity contribution in [2.45, 2.75) is 25.7 Å². The minimum absolute atomic E-state index is 0.321. The topological polar surface area (TPSA) is 273 Å². The second-order valence-corrected chi connectivity index (χ2v) is 18.9. The molecule has 0 atom stereocenters. The average molecular weight is 1290 g/mol. The first-order valence-electron chi connectivity index (χ1n) is 30.4. The number of nitrogens with one attached hydrogen (secondary N) is 1. The highest BCUT2D eigenvalue weighted by molar-refractivity contribution is 9.09. The van der Waals surface area contributed by atoms with Gasteiger partial charge in [0.15, 0.2) is 0 Å². The van der Waals surface area contributed by atoms with E-state index in [0.29, 0.717) is 310 Å². The van der Waals surface area contributed by atoms with Crippen molar-refractivity contribution in [1.29, 1.82) is 0 Å². The number of ether oxygens (including phenoxy) is 23. The van der Waals surface area contributed by atoms with Crippen molar-refractivity contribution in [2.24, 2.45) is 17.0 Å². The van der Waals surface area contributed by atoms with Gasteiger partial charge in [-0.05, 0) is 49.6 Å². The van der Waals surface area contributed by atoms with E-state index in [1.54, 1.807) is 0 Å². The maximum Gasteiger partial charge on any atom is 0.0701 e. The van der Waals surface area contributed by atoms with Crippen LogP contribution in [0.2, 0.25) is 0 Å².